The Hall–Kier alpha value is -2.22. The summed E-state index contributed by atoms with van der Waals surface area (Å²) in [4.78, 5) is 31.7. The number of nitrogens with one attached hydrogen (secondary N) is 1. The highest BCUT2D eigenvalue weighted by Gasteiger charge is 2.31. The molecule has 3 heterocycles. The third-order valence-corrected chi connectivity index (χ3v) is 6.17. The second-order valence-corrected chi connectivity index (χ2v) is 8.35. The topological polar surface area (TPSA) is 55.9 Å². The Kier molecular flexibility index (Phi) is 5.75. The number of carbonyl (C=O) groups excluding carboxylic acids is 2. The van der Waals surface area contributed by atoms with Crippen LogP contribution in [0.4, 0.5) is 11.4 Å². The normalized spacial score (nSPS) is 21.1. The van der Waals surface area contributed by atoms with E-state index in [1.54, 1.807) is 16.2 Å². The number of para-hydroxylation sites is 2. The van der Waals surface area contributed by atoms with Crippen LogP contribution in [0, 0.1) is 0 Å². The number of rotatable bonds is 4. The van der Waals surface area contributed by atoms with Crippen LogP contribution in [0.1, 0.15) is 18.9 Å². The van der Waals surface area contributed by atoms with Crippen molar-refractivity contribution >= 4 is 34.5 Å². The largest absolute Gasteiger partial charge is 0.324 e. The molecule has 0 saturated carbocycles. The fourth-order valence-corrected chi connectivity index (χ4v) is 4.64. The summed E-state index contributed by atoms with van der Waals surface area (Å²) in [5.74, 6) is 0.0139. The molecule has 0 spiro atoms. The molecule has 28 heavy (non-hydrogen) atoms. The van der Waals surface area contributed by atoms with Gasteiger partial charge in [-0.2, -0.15) is 11.3 Å². The number of anilines is 2. The number of hydrogen-bond acceptors (Lipinski definition) is 5. The SMILES string of the molecule is CC1CC(=O)Nc2ccccc2N1C(=O)CN1CCN(Cc2ccsc2)CC1. The number of amides is 2. The highest BCUT2D eigenvalue weighted by atomic mass is 32.1. The molecule has 1 aromatic carbocycles. The number of nitrogens with zero attached hydrogens (tertiary/aromatic N) is 3. The first-order valence-corrected chi connectivity index (χ1v) is 10.7. The third-order valence-electron chi connectivity index (χ3n) is 5.44. The zero-order valence-electron chi connectivity index (χ0n) is 16.1. The maximum absolute atomic E-state index is 13.2. The zero-order valence-corrected chi connectivity index (χ0v) is 17.0. The first kappa shape index (κ1) is 19.1. The Balaban J connectivity index is 1.39. The molecule has 148 valence electrons. The Labute approximate surface area is 169 Å². The minimum Gasteiger partial charge on any atom is -0.324 e. The van der Waals surface area contributed by atoms with Gasteiger partial charge in [-0.1, -0.05) is 12.1 Å². The molecule has 7 heteroatoms. The van der Waals surface area contributed by atoms with Gasteiger partial charge in [-0.15, -0.1) is 0 Å². The van der Waals surface area contributed by atoms with E-state index < -0.39 is 0 Å². The fourth-order valence-electron chi connectivity index (χ4n) is 3.98. The number of fused-ring (bicyclic) bond motifs is 1. The lowest BCUT2D eigenvalue weighted by atomic mass is 10.1. The molecule has 2 aromatic rings. The molecule has 2 amide bonds. The number of thiophene rings is 1. The van der Waals surface area contributed by atoms with E-state index in [1.807, 2.05) is 31.2 Å². The molecule has 1 atom stereocenters. The van der Waals surface area contributed by atoms with Gasteiger partial charge < -0.3 is 10.2 Å². The lowest BCUT2D eigenvalue weighted by molar-refractivity contribution is -0.120. The van der Waals surface area contributed by atoms with Gasteiger partial charge in [-0.05, 0) is 41.4 Å². The summed E-state index contributed by atoms with van der Waals surface area (Å²) in [5.41, 5.74) is 2.87. The molecule has 4 rings (SSSR count). The van der Waals surface area contributed by atoms with Crippen LogP contribution < -0.4 is 10.2 Å². The van der Waals surface area contributed by atoms with Gasteiger partial charge in [0.15, 0.2) is 0 Å². The van der Waals surface area contributed by atoms with Gasteiger partial charge in [0.1, 0.15) is 0 Å². The molecule has 1 aromatic heterocycles. The van der Waals surface area contributed by atoms with Crippen molar-refractivity contribution in [1.82, 2.24) is 9.80 Å². The Morgan fingerprint density at radius 2 is 1.89 bits per heavy atom. The lowest BCUT2D eigenvalue weighted by Crippen LogP contribution is -2.51. The minimum absolute atomic E-state index is 0.0442. The van der Waals surface area contributed by atoms with Gasteiger partial charge in [0.2, 0.25) is 11.8 Å². The fraction of sp³-hybridized carbons (Fsp3) is 0.429. The van der Waals surface area contributed by atoms with Crippen molar-refractivity contribution in [2.45, 2.75) is 25.9 Å². The molecule has 1 N–H and O–H groups in total. The van der Waals surface area contributed by atoms with E-state index in [0.717, 1.165) is 38.4 Å². The van der Waals surface area contributed by atoms with Gasteiger partial charge in [0.25, 0.3) is 0 Å². The summed E-state index contributed by atoms with van der Waals surface area (Å²) in [6.07, 6.45) is 0.314. The highest BCUT2D eigenvalue weighted by molar-refractivity contribution is 7.07. The van der Waals surface area contributed by atoms with E-state index in [1.165, 1.54) is 5.56 Å². The summed E-state index contributed by atoms with van der Waals surface area (Å²) >= 11 is 1.73. The molecular formula is C21H26N4O2S. The van der Waals surface area contributed by atoms with Crippen molar-refractivity contribution < 1.29 is 9.59 Å². The maximum atomic E-state index is 13.2. The maximum Gasteiger partial charge on any atom is 0.241 e. The van der Waals surface area contributed by atoms with Crippen LogP contribution in [-0.2, 0) is 16.1 Å². The van der Waals surface area contributed by atoms with Crippen molar-refractivity contribution in [2.24, 2.45) is 0 Å². The van der Waals surface area contributed by atoms with E-state index in [9.17, 15) is 9.59 Å². The average molecular weight is 399 g/mol. The Bertz CT molecular complexity index is 831. The van der Waals surface area contributed by atoms with Gasteiger partial charge in [0, 0.05) is 45.2 Å². The summed E-state index contributed by atoms with van der Waals surface area (Å²) in [5, 5.41) is 7.23. The van der Waals surface area contributed by atoms with Crippen LogP contribution >= 0.6 is 11.3 Å². The van der Waals surface area contributed by atoms with Gasteiger partial charge in [-0.3, -0.25) is 19.4 Å². The van der Waals surface area contributed by atoms with Crippen molar-refractivity contribution in [2.75, 3.05) is 42.9 Å². The third kappa shape index (κ3) is 4.27. The lowest BCUT2D eigenvalue weighted by Gasteiger charge is -2.36. The minimum atomic E-state index is -0.156. The van der Waals surface area contributed by atoms with Gasteiger partial charge >= 0.3 is 0 Å². The number of benzene rings is 1. The average Bonchev–Trinajstić information content (AvgIpc) is 3.13. The molecular weight excluding hydrogens is 372 g/mol. The summed E-state index contributed by atoms with van der Waals surface area (Å²) in [7, 11) is 0. The molecule has 0 radical (unpaired) electrons. The van der Waals surface area contributed by atoms with E-state index in [-0.39, 0.29) is 17.9 Å². The molecule has 2 aliphatic rings. The van der Waals surface area contributed by atoms with Crippen LogP contribution in [0.15, 0.2) is 41.1 Å². The predicted molar refractivity (Wildman–Crippen MR) is 113 cm³/mol. The first-order chi connectivity index (χ1) is 13.6. The zero-order chi connectivity index (χ0) is 19.5. The van der Waals surface area contributed by atoms with Crippen molar-refractivity contribution in [3.8, 4) is 0 Å². The van der Waals surface area contributed by atoms with Crippen molar-refractivity contribution in [1.29, 1.82) is 0 Å². The van der Waals surface area contributed by atoms with Crippen LogP contribution in [0.25, 0.3) is 0 Å². The van der Waals surface area contributed by atoms with Crippen LogP contribution in [0.3, 0.4) is 0 Å². The first-order valence-electron chi connectivity index (χ1n) is 9.77. The number of hydrogen-bond donors (Lipinski definition) is 1. The van der Waals surface area contributed by atoms with Crippen molar-refractivity contribution in [3.05, 3.63) is 46.7 Å². The Morgan fingerprint density at radius 1 is 1.14 bits per heavy atom. The Morgan fingerprint density at radius 3 is 2.64 bits per heavy atom. The van der Waals surface area contributed by atoms with Crippen LogP contribution in [-0.4, -0.2) is 60.4 Å². The van der Waals surface area contributed by atoms with E-state index in [4.69, 9.17) is 0 Å². The quantitative estimate of drug-likeness (QED) is 0.860. The molecule has 0 bridgehead atoms. The smallest absolute Gasteiger partial charge is 0.241 e. The molecule has 1 fully saturated rings. The molecule has 1 unspecified atom stereocenters. The predicted octanol–water partition coefficient (Wildman–Crippen LogP) is 2.63. The molecule has 1 saturated heterocycles. The molecule has 2 aliphatic heterocycles. The summed E-state index contributed by atoms with van der Waals surface area (Å²) < 4.78 is 0. The van der Waals surface area contributed by atoms with E-state index in [2.05, 4.69) is 31.9 Å². The van der Waals surface area contributed by atoms with Gasteiger partial charge in [-0.25, -0.2) is 0 Å². The van der Waals surface area contributed by atoms with Crippen LogP contribution in [0.2, 0.25) is 0 Å². The van der Waals surface area contributed by atoms with Crippen LogP contribution in [0.5, 0.6) is 0 Å². The monoisotopic (exact) mass is 398 g/mol. The number of piperazine rings is 1. The second kappa shape index (κ2) is 8.43. The molecule has 6 nitrogen and oxygen atoms in total. The second-order valence-electron chi connectivity index (χ2n) is 7.57. The number of carbonyl (C=O) groups is 2. The standard InChI is InChI=1S/C21H26N4O2S/c1-16-12-20(26)22-18-4-2-3-5-19(18)25(16)21(27)14-24-9-7-23(8-10-24)13-17-6-11-28-15-17/h2-6,11,15-16H,7-10,12-14H2,1H3,(H,22,26). The van der Waals surface area contributed by atoms with Gasteiger partial charge in [0.05, 0.1) is 17.9 Å². The summed E-state index contributed by atoms with van der Waals surface area (Å²) in [6.45, 7) is 7.02. The van der Waals surface area contributed by atoms with E-state index >= 15 is 0 Å². The van der Waals surface area contributed by atoms with Crippen molar-refractivity contribution in [3.63, 3.8) is 0 Å². The molecule has 0 aliphatic carbocycles. The van der Waals surface area contributed by atoms with E-state index in [0.29, 0.717) is 18.7 Å². The highest BCUT2D eigenvalue weighted by Crippen LogP contribution is 2.31. The summed E-state index contributed by atoms with van der Waals surface area (Å²) in [6, 6.07) is 9.57.